The van der Waals surface area contributed by atoms with Gasteiger partial charge in [-0.2, -0.15) is 4.98 Å². The molecule has 2 aromatic heterocycles. The summed E-state index contributed by atoms with van der Waals surface area (Å²) in [6.45, 7) is 4.29. The van der Waals surface area contributed by atoms with Gasteiger partial charge in [-0.05, 0) is 56.2 Å². The van der Waals surface area contributed by atoms with E-state index in [1.54, 1.807) is 13.0 Å². The fourth-order valence-electron chi connectivity index (χ4n) is 3.96. The molecule has 2 heterocycles. The van der Waals surface area contributed by atoms with Crippen molar-refractivity contribution in [2.75, 3.05) is 11.9 Å². The first-order chi connectivity index (χ1) is 16.0. The van der Waals surface area contributed by atoms with Crippen LogP contribution in [-0.4, -0.2) is 28.6 Å². The number of anilines is 1. The average molecular weight is 488 g/mol. The van der Waals surface area contributed by atoms with Crippen molar-refractivity contribution in [1.29, 1.82) is 0 Å². The second-order valence-electron chi connectivity index (χ2n) is 8.17. The maximum absolute atomic E-state index is 12.6. The molecule has 0 aliphatic heterocycles. The van der Waals surface area contributed by atoms with Crippen LogP contribution in [0.2, 0.25) is 5.02 Å². The Morgan fingerprint density at radius 2 is 2.15 bits per heavy atom. The highest BCUT2D eigenvalue weighted by Gasteiger charge is 2.29. The topological polar surface area (TPSA) is 94.3 Å². The third-order valence-corrected chi connectivity index (χ3v) is 7.12. The quantitative estimate of drug-likeness (QED) is 0.408. The number of nitrogens with one attached hydrogen (secondary N) is 1. The van der Waals surface area contributed by atoms with Crippen LogP contribution in [-0.2, 0) is 28.8 Å². The van der Waals surface area contributed by atoms with E-state index >= 15 is 0 Å². The van der Waals surface area contributed by atoms with Gasteiger partial charge in [0.2, 0.25) is 17.6 Å². The molecule has 1 amide bonds. The lowest BCUT2D eigenvalue weighted by Gasteiger charge is -2.18. The number of hydrogen-bond acceptors (Lipinski definition) is 7. The highest BCUT2D eigenvalue weighted by atomic mass is 35.5. The Kier molecular flexibility index (Phi) is 7.45. The minimum atomic E-state index is -0.363. The van der Waals surface area contributed by atoms with Gasteiger partial charge in [0.05, 0.1) is 17.2 Å². The van der Waals surface area contributed by atoms with Crippen molar-refractivity contribution < 1.29 is 18.8 Å². The molecule has 0 saturated heterocycles. The molecule has 1 aliphatic carbocycles. The van der Waals surface area contributed by atoms with E-state index in [0.29, 0.717) is 58.2 Å². The van der Waals surface area contributed by atoms with Crippen molar-refractivity contribution in [3.05, 3.63) is 51.2 Å². The van der Waals surface area contributed by atoms with E-state index in [1.165, 1.54) is 16.2 Å². The molecule has 1 aliphatic rings. The summed E-state index contributed by atoms with van der Waals surface area (Å²) in [5.74, 6) is 0.929. The molecule has 0 radical (unpaired) electrons. The van der Waals surface area contributed by atoms with Gasteiger partial charge in [0, 0.05) is 23.3 Å². The second-order valence-corrected chi connectivity index (χ2v) is 9.68. The summed E-state index contributed by atoms with van der Waals surface area (Å²) in [5, 5.41) is 8.07. The van der Waals surface area contributed by atoms with Crippen LogP contribution >= 0.6 is 22.9 Å². The molecule has 1 atom stereocenters. The third-order valence-electron chi connectivity index (χ3n) is 5.62. The fraction of sp³-hybridized carbons (Fsp3) is 0.417. The number of carbonyl (C=O) groups is 2. The Balaban J connectivity index is 1.38. The predicted octanol–water partition coefficient (Wildman–Crippen LogP) is 5.71. The zero-order chi connectivity index (χ0) is 23.4. The van der Waals surface area contributed by atoms with Gasteiger partial charge in [0.25, 0.3) is 0 Å². The van der Waals surface area contributed by atoms with E-state index in [0.717, 1.165) is 24.8 Å². The van der Waals surface area contributed by atoms with Crippen molar-refractivity contribution in [3.8, 4) is 11.4 Å². The van der Waals surface area contributed by atoms with Gasteiger partial charge in [-0.3, -0.25) is 4.79 Å². The molecule has 0 fully saturated rings. The van der Waals surface area contributed by atoms with Crippen molar-refractivity contribution in [2.45, 2.75) is 52.4 Å². The largest absolute Gasteiger partial charge is 0.462 e. The standard InChI is InChI=1S/C24H26ClN3O4S/c1-3-31-24(30)21-16-12-11-14(2)13-18(16)33-23(21)26-19(29)9-6-10-20-27-22(28-32-20)15-7-4-5-8-17(15)25/h4-5,7-8,14H,3,6,9-13H2,1-2H3,(H,26,29). The van der Waals surface area contributed by atoms with E-state index in [-0.39, 0.29) is 18.3 Å². The number of aromatic nitrogens is 2. The summed E-state index contributed by atoms with van der Waals surface area (Å²) < 4.78 is 10.6. The first kappa shape index (κ1) is 23.4. The zero-order valence-electron chi connectivity index (χ0n) is 18.7. The van der Waals surface area contributed by atoms with Crippen LogP contribution < -0.4 is 5.32 Å². The van der Waals surface area contributed by atoms with Crippen LogP contribution in [0.15, 0.2) is 28.8 Å². The number of aryl methyl sites for hydroxylation is 1. The van der Waals surface area contributed by atoms with E-state index in [2.05, 4.69) is 22.4 Å². The minimum absolute atomic E-state index is 0.155. The number of fused-ring (bicyclic) bond motifs is 1. The van der Waals surface area contributed by atoms with Crippen LogP contribution in [0.4, 0.5) is 5.00 Å². The predicted molar refractivity (Wildman–Crippen MR) is 128 cm³/mol. The first-order valence-electron chi connectivity index (χ1n) is 11.1. The smallest absolute Gasteiger partial charge is 0.341 e. The molecule has 0 saturated carbocycles. The van der Waals surface area contributed by atoms with Crippen LogP contribution in [0.1, 0.15) is 59.8 Å². The molecule has 1 N–H and O–H groups in total. The summed E-state index contributed by atoms with van der Waals surface area (Å²) >= 11 is 7.68. The van der Waals surface area contributed by atoms with Gasteiger partial charge >= 0.3 is 5.97 Å². The Labute approximate surface area is 201 Å². The molecule has 0 spiro atoms. The van der Waals surface area contributed by atoms with E-state index in [1.807, 2.05) is 18.2 Å². The number of carbonyl (C=O) groups excluding carboxylic acids is 2. The number of amides is 1. The van der Waals surface area contributed by atoms with Crippen molar-refractivity contribution >= 4 is 39.8 Å². The normalized spacial score (nSPS) is 15.2. The fourth-order valence-corrected chi connectivity index (χ4v) is 5.59. The maximum atomic E-state index is 12.6. The number of hydrogen-bond donors (Lipinski definition) is 1. The maximum Gasteiger partial charge on any atom is 0.341 e. The Bertz CT molecular complexity index is 1160. The third kappa shape index (κ3) is 5.45. The molecule has 33 heavy (non-hydrogen) atoms. The number of ether oxygens (including phenoxy) is 1. The molecule has 3 aromatic rings. The first-order valence-corrected chi connectivity index (χ1v) is 12.3. The molecule has 1 aromatic carbocycles. The molecule has 0 bridgehead atoms. The summed E-state index contributed by atoms with van der Waals surface area (Å²) in [6, 6.07) is 7.29. The zero-order valence-corrected chi connectivity index (χ0v) is 20.2. The Morgan fingerprint density at radius 3 is 2.94 bits per heavy atom. The number of esters is 1. The van der Waals surface area contributed by atoms with E-state index < -0.39 is 0 Å². The summed E-state index contributed by atoms with van der Waals surface area (Å²) in [4.78, 5) is 30.8. The second kappa shape index (κ2) is 10.5. The van der Waals surface area contributed by atoms with Crippen LogP contribution in [0, 0.1) is 5.92 Å². The molecule has 1 unspecified atom stereocenters. The Hall–Kier alpha value is -2.71. The van der Waals surface area contributed by atoms with E-state index in [4.69, 9.17) is 20.9 Å². The summed E-state index contributed by atoms with van der Waals surface area (Å²) in [7, 11) is 0. The lowest BCUT2D eigenvalue weighted by Crippen LogP contribution is -2.16. The van der Waals surface area contributed by atoms with Gasteiger partial charge in [-0.1, -0.05) is 35.8 Å². The number of rotatable bonds is 8. The average Bonchev–Trinajstić information content (AvgIpc) is 3.38. The SMILES string of the molecule is CCOC(=O)c1c(NC(=O)CCCc2nc(-c3ccccc3Cl)no2)sc2c1CCC(C)C2. The molecular weight excluding hydrogens is 462 g/mol. The molecule has 4 rings (SSSR count). The highest BCUT2D eigenvalue weighted by Crippen LogP contribution is 2.40. The van der Waals surface area contributed by atoms with Crippen LogP contribution in [0.25, 0.3) is 11.4 Å². The van der Waals surface area contributed by atoms with Crippen molar-refractivity contribution in [3.63, 3.8) is 0 Å². The number of thiophene rings is 1. The lowest BCUT2D eigenvalue weighted by atomic mass is 9.88. The molecule has 9 heteroatoms. The molecular formula is C24H26ClN3O4S. The lowest BCUT2D eigenvalue weighted by molar-refractivity contribution is -0.116. The Morgan fingerprint density at radius 1 is 1.33 bits per heavy atom. The van der Waals surface area contributed by atoms with Crippen LogP contribution in [0.3, 0.4) is 0 Å². The monoisotopic (exact) mass is 487 g/mol. The number of benzene rings is 1. The van der Waals surface area contributed by atoms with Gasteiger partial charge in [0.15, 0.2) is 0 Å². The van der Waals surface area contributed by atoms with E-state index in [9.17, 15) is 9.59 Å². The molecule has 174 valence electrons. The molecule has 7 nitrogen and oxygen atoms in total. The highest BCUT2D eigenvalue weighted by molar-refractivity contribution is 7.17. The number of nitrogens with zero attached hydrogens (tertiary/aromatic N) is 2. The number of halogens is 1. The summed E-state index contributed by atoms with van der Waals surface area (Å²) in [5.41, 5.74) is 2.26. The van der Waals surface area contributed by atoms with Gasteiger partial charge < -0.3 is 14.6 Å². The van der Waals surface area contributed by atoms with Crippen molar-refractivity contribution in [2.24, 2.45) is 5.92 Å². The summed E-state index contributed by atoms with van der Waals surface area (Å²) in [6.07, 6.45) is 4.06. The van der Waals surface area contributed by atoms with Crippen molar-refractivity contribution in [1.82, 2.24) is 10.1 Å². The van der Waals surface area contributed by atoms with Gasteiger partial charge in [0.1, 0.15) is 5.00 Å². The minimum Gasteiger partial charge on any atom is -0.462 e. The van der Waals surface area contributed by atoms with Crippen LogP contribution in [0.5, 0.6) is 0 Å². The van der Waals surface area contributed by atoms with Gasteiger partial charge in [-0.25, -0.2) is 4.79 Å². The van der Waals surface area contributed by atoms with Gasteiger partial charge in [-0.15, -0.1) is 11.3 Å².